The Labute approximate surface area is 152 Å². The van der Waals surface area contributed by atoms with Gasteiger partial charge in [0.1, 0.15) is 11.3 Å². The number of hydrogen-bond donors (Lipinski definition) is 1. The molecule has 0 aliphatic heterocycles. The summed E-state index contributed by atoms with van der Waals surface area (Å²) in [5.41, 5.74) is -4.54. The molecule has 0 spiro atoms. The third kappa shape index (κ3) is 4.24. The second-order valence-corrected chi connectivity index (χ2v) is 5.39. The number of carbonyl (C=O) groups is 2. The van der Waals surface area contributed by atoms with Crippen molar-refractivity contribution in [1.29, 1.82) is 0 Å². The lowest BCUT2D eigenvalue weighted by Crippen LogP contribution is -2.27. The lowest BCUT2D eigenvalue weighted by molar-refractivity contribution is -0.152. The largest absolute Gasteiger partial charge is 0.447 e. The van der Waals surface area contributed by atoms with Gasteiger partial charge < -0.3 is 10.1 Å². The van der Waals surface area contributed by atoms with E-state index in [0.29, 0.717) is 0 Å². The van der Waals surface area contributed by atoms with Crippen LogP contribution in [0.2, 0.25) is 0 Å². The second-order valence-electron chi connectivity index (χ2n) is 5.39. The molecule has 1 atom stereocenters. The Morgan fingerprint density at radius 1 is 0.929 bits per heavy atom. The number of ether oxygens (including phenoxy) is 1. The van der Waals surface area contributed by atoms with Gasteiger partial charge in [0.2, 0.25) is 6.10 Å². The average molecular weight is 409 g/mol. The van der Waals surface area contributed by atoms with Crippen LogP contribution in [0.4, 0.5) is 36.4 Å². The molecule has 1 amide bonds. The Bertz CT molecular complexity index is 884. The monoisotopic (exact) mass is 409 g/mol. The number of carbonyl (C=O) groups excluding carboxylic acids is 2. The Hall–Kier alpha value is -3.11. The molecule has 1 unspecified atom stereocenters. The SMILES string of the molecule is CC(=O)OC(C(=O)Nc1c(F)c(F)c(C(F)(F)F)c(F)c1F)c1ccccc1. The number of hydrogen-bond acceptors (Lipinski definition) is 3. The number of esters is 1. The first-order chi connectivity index (χ1) is 12.9. The average Bonchev–Trinajstić information content (AvgIpc) is 2.61. The zero-order valence-corrected chi connectivity index (χ0v) is 13.8. The highest BCUT2D eigenvalue weighted by Crippen LogP contribution is 2.38. The van der Waals surface area contributed by atoms with E-state index < -0.39 is 58.7 Å². The number of rotatable bonds is 4. The van der Waals surface area contributed by atoms with Crippen molar-refractivity contribution in [3.63, 3.8) is 0 Å². The van der Waals surface area contributed by atoms with Crippen LogP contribution in [0, 0.1) is 23.3 Å². The summed E-state index contributed by atoms with van der Waals surface area (Å²) in [5, 5.41) is 1.43. The molecule has 0 aliphatic rings. The number of anilines is 1. The normalized spacial score (nSPS) is 12.4. The third-order valence-electron chi connectivity index (χ3n) is 3.42. The van der Waals surface area contributed by atoms with E-state index in [4.69, 9.17) is 4.74 Å². The molecule has 11 heteroatoms. The molecular formula is C17H10F7NO3. The van der Waals surface area contributed by atoms with E-state index in [1.165, 1.54) is 35.6 Å². The fourth-order valence-corrected chi connectivity index (χ4v) is 2.25. The summed E-state index contributed by atoms with van der Waals surface area (Å²) in [7, 11) is 0. The second kappa shape index (κ2) is 7.87. The summed E-state index contributed by atoms with van der Waals surface area (Å²) in [4.78, 5) is 23.5. The van der Waals surface area contributed by atoms with Crippen LogP contribution in [0.1, 0.15) is 24.2 Å². The summed E-state index contributed by atoms with van der Waals surface area (Å²) >= 11 is 0. The Balaban J connectivity index is 2.49. The maximum absolute atomic E-state index is 13.9. The van der Waals surface area contributed by atoms with Crippen molar-refractivity contribution >= 4 is 17.6 Å². The lowest BCUT2D eigenvalue weighted by Gasteiger charge is -2.19. The summed E-state index contributed by atoms with van der Waals surface area (Å²) in [6.07, 6.45) is -7.51. The van der Waals surface area contributed by atoms with Crippen LogP contribution in [0.5, 0.6) is 0 Å². The zero-order chi connectivity index (χ0) is 21.2. The predicted octanol–water partition coefficient (Wildman–Crippen LogP) is 4.50. The predicted molar refractivity (Wildman–Crippen MR) is 80.9 cm³/mol. The minimum atomic E-state index is -5.72. The highest BCUT2D eigenvalue weighted by atomic mass is 19.4. The van der Waals surface area contributed by atoms with E-state index >= 15 is 0 Å². The van der Waals surface area contributed by atoms with Gasteiger partial charge in [-0.2, -0.15) is 13.2 Å². The minimum absolute atomic E-state index is 0.0314. The van der Waals surface area contributed by atoms with Crippen LogP contribution in [-0.2, 0) is 20.5 Å². The molecular weight excluding hydrogens is 399 g/mol. The van der Waals surface area contributed by atoms with Crippen LogP contribution in [-0.4, -0.2) is 11.9 Å². The van der Waals surface area contributed by atoms with Crippen molar-refractivity contribution in [2.24, 2.45) is 0 Å². The highest BCUT2D eigenvalue weighted by molar-refractivity contribution is 5.96. The van der Waals surface area contributed by atoms with Gasteiger partial charge in [-0.3, -0.25) is 9.59 Å². The molecule has 0 radical (unpaired) electrons. The Morgan fingerprint density at radius 3 is 1.86 bits per heavy atom. The fourth-order valence-electron chi connectivity index (χ4n) is 2.25. The van der Waals surface area contributed by atoms with Gasteiger partial charge in [0.05, 0.1) is 0 Å². The molecule has 2 aromatic carbocycles. The van der Waals surface area contributed by atoms with E-state index in [1.54, 1.807) is 0 Å². The van der Waals surface area contributed by atoms with Gasteiger partial charge in [-0.1, -0.05) is 30.3 Å². The Kier molecular flexibility index (Phi) is 5.95. The molecule has 0 saturated heterocycles. The van der Waals surface area contributed by atoms with Crippen molar-refractivity contribution in [3.8, 4) is 0 Å². The molecule has 0 aliphatic carbocycles. The molecule has 0 saturated carbocycles. The first-order valence-electron chi connectivity index (χ1n) is 7.41. The minimum Gasteiger partial charge on any atom is -0.447 e. The number of amides is 1. The van der Waals surface area contributed by atoms with Crippen molar-refractivity contribution < 1.29 is 45.1 Å². The topological polar surface area (TPSA) is 55.4 Å². The quantitative estimate of drug-likeness (QED) is 0.460. The van der Waals surface area contributed by atoms with E-state index in [-0.39, 0.29) is 5.56 Å². The van der Waals surface area contributed by atoms with Gasteiger partial charge in [0.15, 0.2) is 23.3 Å². The maximum Gasteiger partial charge on any atom is 0.422 e. The van der Waals surface area contributed by atoms with Gasteiger partial charge in [-0.15, -0.1) is 0 Å². The molecule has 2 aromatic rings. The summed E-state index contributed by atoms with van der Waals surface area (Å²) in [6, 6.07) is 6.99. The van der Waals surface area contributed by atoms with Crippen molar-refractivity contribution in [1.82, 2.24) is 0 Å². The van der Waals surface area contributed by atoms with Gasteiger partial charge in [0, 0.05) is 12.5 Å². The number of benzene rings is 2. The Morgan fingerprint density at radius 2 is 1.43 bits per heavy atom. The van der Waals surface area contributed by atoms with E-state index in [0.717, 1.165) is 6.92 Å². The standard InChI is InChI=1S/C17H10F7NO3/c1-7(26)28-15(8-5-3-2-4-6-8)16(27)25-14-12(20)10(18)9(17(22,23)24)11(19)13(14)21/h2-6,15H,1H3,(H,25,27). The summed E-state index contributed by atoms with van der Waals surface area (Å²) < 4.78 is 97.6. The maximum atomic E-state index is 13.9. The van der Waals surface area contributed by atoms with E-state index in [1.807, 2.05) is 0 Å². The lowest BCUT2D eigenvalue weighted by atomic mass is 10.1. The summed E-state index contributed by atoms with van der Waals surface area (Å²) in [5.74, 6) is -12.8. The van der Waals surface area contributed by atoms with Gasteiger partial charge in [-0.05, 0) is 0 Å². The molecule has 0 fully saturated rings. The van der Waals surface area contributed by atoms with Crippen LogP contribution in [0.25, 0.3) is 0 Å². The van der Waals surface area contributed by atoms with E-state index in [9.17, 15) is 40.3 Å². The third-order valence-corrected chi connectivity index (χ3v) is 3.42. The highest BCUT2D eigenvalue weighted by Gasteiger charge is 2.42. The summed E-state index contributed by atoms with van der Waals surface area (Å²) in [6.45, 7) is 0.919. The molecule has 0 bridgehead atoms. The molecule has 1 N–H and O–H groups in total. The zero-order valence-electron chi connectivity index (χ0n) is 13.8. The van der Waals surface area contributed by atoms with Gasteiger partial charge in [0.25, 0.3) is 5.91 Å². The van der Waals surface area contributed by atoms with Crippen molar-refractivity contribution in [2.75, 3.05) is 5.32 Å². The van der Waals surface area contributed by atoms with Crippen molar-refractivity contribution in [3.05, 3.63) is 64.7 Å². The van der Waals surface area contributed by atoms with Gasteiger partial charge in [-0.25, -0.2) is 17.6 Å². The number of halogens is 7. The van der Waals surface area contributed by atoms with Crippen molar-refractivity contribution in [2.45, 2.75) is 19.2 Å². The molecule has 2 rings (SSSR count). The fraction of sp³-hybridized carbons (Fsp3) is 0.176. The smallest absolute Gasteiger partial charge is 0.422 e. The number of alkyl halides is 3. The molecule has 0 aromatic heterocycles. The first-order valence-corrected chi connectivity index (χ1v) is 7.41. The molecule has 150 valence electrons. The van der Waals surface area contributed by atoms with Crippen LogP contribution in [0.3, 0.4) is 0 Å². The number of nitrogens with one attached hydrogen (secondary N) is 1. The van der Waals surface area contributed by atoms with Crippen LogP contribution in [0.15, 0.2) is 30.3 Å². The van der Waals surface area contributed by atoms with Crippen LogP contribution < -0.4 is 5.32 Å². The molecule has 28 heavy (non-hydrogen) atoms. The van der Waals surface area contributed by atoms with Crippen LogP contribution >= 0.6 is 0 Å². The molecule has 4 nitrogen and oxygen atoms in total. The molecule has 0 heterocycles. The first kappa shape index (κ1) is 21.2. The van der Waals surface area contributed by atoms with Gasteiger partial charge >= 0.3 is 12.1 Å². The van der Waals surface area contributed by atoms with E-state index in [2.05, 4.69) is 0 Å².